The zero-order valence-electron chi connectivity index (χ0n) is 13.2. The Bertz CT molecular complexity index is 488. The second-order valence-electron chi connectivity index (χ2n) is 6.16. The van der Waals surface area contributed by atoms with Crippen LogP contribution in [0.1, 0.15) is 41.2 Å². The molecule has 1 aromatic rings. The maximum absolute atomic E-state index is 12.2. The number of hydrogen-bond acceptors (Lipinski definition) is 5. The smallest absolute Gasteiger partial charge is 0.270 e. The molecule has 2 fully saturated rings. The first-order chi connectivity index (χ1) is 10.2. The highest BCUT2D eigenvalue weighted by Crippen LogP contribution is 2.30. The average molecular weight is 381 g/mol. The summed E-state index contributed by atoms with van der Waals surface area (Å²) in [6.07, 6.45) is 5.67. The predicted octanol–water partition coefficient (Wildman–Crippen LogP) is 2.09. The van der Waals surface area contributed by atoms with Gasteiger partial charge in [-0.2, -0.15) is 0 Å². The fourth-order valence-corrected chi connectivity index (χ4v) is 3.63. The average Bonchev–Trinajstić information content (AvgIpc) is 3.17. The Morgan fingerprint density at radius 3 is 2.61 bits per heavy atom. The first-order valence-electron chi connectivity index (χ1n) is 7.92. The van der Waals surface area contributed by atoms with Crippen LogP contribution in [0.2, 0.25) is 0 Å². The normalized spacial score (nSPS) is 18.8. The van der Waals surface area contributed by atoms with Gasteiger partial charge in [0.2, 0.25) is 0 Å². The van der Waals surface area contributed by atoms with Crippen LogP contribution in [0.3, 0.4) is 0 Å². The SMILES string of the molecule is Cl.Cl.NCCc1nc(C(=O)NC2CCN(CC3CC3)CC2)cs1. The molecular weight excluding hydrogens is 355 g/mol. The minimum absolute atomic E-state index is 0. The van der Waals surface area contributed by atoms with Gasteiger partial charge in [0.15, 0.2) is 0 Å². The third-order valence-electron chi connectivity index (χ3n) is 4.28. The van der Waals surface area contributed by atoms with Gasteiger partial charge in [-0.25, -0.2) is 4.98 Å². The molecule has 8 heteroatoms. The quantitative estimate of drug-likeness (QED) is 0.792. The number of amides is 1. The third kappa shape index (κ3) is 6.19. The Morgan fingerprint density at radius 2 is 2.00 bits per heavy atom. The number of halogens is 2. The van der Waals surface area contributed by atoms with Crippen molar-refractivity contribution in [2.24, 2.45) is 11.7 Å². The van der Waals surface area contributed by atoms with E-state index < -0.39 is 0 Å². The van der Waals surface area contributed by atoms with Crippen molar-refractivity contribution in [3.8, 4) is 0 Å². The lowest BCUT2D eigenvalue weighted by atomic mass is 10.0. The van der Waals surface area contributed by atoms with Crippen molar-refractivity contribution in [1.82, 2.24) is 15.2 Å². The number of nitrogens with one attached hydrogen (secondary N) is 1. The van der Waals surface area contributed by atoms with Crippen molar-refractivity contribution in [3.63, 3.8) is 0 Å². The number of nitrogens with zero attached hydrogens (tertiary/aromatic N) is 2. The molecule has 1 aliphatic carbocycles. The van der Waals surface area contributed by atoms with Crippen LogP contribution in [0.5, 0.6) is 0 Å². The van der Waals surface area contributed by atoms with Gasteiger partial charge in [-0.05, 0) is 38.1 Å². The minimum atomic E-state index is -0.0323. The highest BCUT2D eigenvalue weighted by molar-refractivity contribution is 7.09. The lowest BCUT2D eigenvalue weighted by Gasteiger charge is -2.32. The van der Waals surface area contributed by atoms with Crippen LogP contribution in [-0.4, -0.2) is 48.0 Å². The van der Waals surface area contributed by atoms with Crippen molar-refractivity contribution in [3.05, 3.63) is 16.1 Å². The number of aromatic nitrogens is 1. The summed E-state index contributed by atoms with van der Waals surface area (Å²) in [6.45, 7) is 4.05. The highest BCUT2D eigenvalue weighted by Gasteiger charge is 2.27. The van der Waals surface area contributed by atoms with Crippen LogP contribution in [0.25, 0.3) is 0 Å². The van der Waals surface area contributed by atoms with Crippen LogP contribution in [0.4, 0.5) is 0 Å². The van der Waals surface area contributed by atoms with Gasteiger partial charge >= 0.3 is 0 Å². The van der Waals surface area contributed by atoms with Crippen molar-refractivity contribution in [2.75, 3.05) is 26.2 Å². The summed E-state index contributed by atoms with van der Waals surface area (Å²) >= 11 is 1.52. The van der Waals surface area contributed by atoms with Gasteiger partial charge < -0.3 is 16.0 Å². The van der Waals surface area contributed by atoms with Crippen LogP contribution < -0.4 is 11.1 Å². The van der Waals surface area contributed by atoms with Gasteiger partial charge in [-0.3, -0.25) is 4.79 Å². The molecule has 3 rings (SSSR count). The predicted molar refractivity (Wildman–Crippen MR) is 99.0 cm³/mol. The molecule has 0 aromatic carbocycles. The molecule has 1 aliphatic heterocycles. The standard InChI is InChI=1S/C15H24N4OS.2ClH/c16-6-3-14-18-13(10-21-14)15(20)17-12-4-7-19(8-5-12)9-11-1-2-11;;/h10-12H,1-9,16H2,(H,17,20);2*1H. The molecule has 132 valence electrons. The number of nitrogens with two attached hydrogens (primary N) is 1. The number of hydrogen-bond donors (Lipinski definition) is 2. The fraction of sp³-hybridized carbons (Fsp3) is 0.733. The van der Waals surface area contributed by atoms with E-state index in [1.807, 2.05) is 5.38 Å². The molecule has 5 nitrogen and oxygen atoms in total. The molecule has 0 atom stereocenters. The molecule has 2 heterocycles. The molecule has 2 aliphatic rings. The Labute approximate surface area is 154 Å². The van der Waals surface area contributed by atoms with Crippen LogP contribution in [0, 0.1) is 5.92 Å². The van der Waals surface area contributed by atoms with Crippen LogP contribution in [0.15, 0.2) is 5.38 Å². The van der Waals surface area contributed by atoms with Gasteiger partial charge in [0.1, 0.15) is 5.69 Å². The molecule has 3 N–H and O–H groups in total. The molecular formula is C15H26Cl2N4OS. The number of thiazole rings is 1. The third-order valence-corrected chi connectivity index (χ3v) is 5.19. The van der Waals surface area contributed by atoms with Gasteiger partial charge in [0, 0.05) is 37.5 Å². The number of carbonyl (C=O) groups excluding carboxylic acids is 1. The molecule has 0 radical (unpaired) electrons. The van der Waals surface area contributed by atoms with Crippen LogP contribution >= 0.6 is 36.2 Å². The van der Waals surface area contributed by atoms with Crippen LogP contribution in [-0.2, 0) is 6.42 Å². The van der Waals surface area contributed by atoms with Crippen molar-refractivity contribution in [1.29, 1.82) is 0 Å². The van der Waals surface area contributed by atoms with Gasteiger partial charge in [-0.15, -0.1) is 36.2 Å². The molecule has 1 amide bonds. The Balaban J connectivity index is 0.00000132. The summed E-state index contributed by atoms with van der Waals surface area (Å²) in [6, 6.07) is 0.299. The molecule has 1 saturated heterocycles. The van der Waals surface area contributed by atoms with E-state index >= 15 is 0 Å². The monoisotopic (exact) mass is 380 g/mol. The zero-order valence-corrected chi connectivity index (χ0v) is 15.7. The fourth-order valence-electron chi connectivity index (χ4n) is 2.84. The topological polar surface area (TPSA) is 71.2 Å². The summed E-state index contributed by atoms with van der Waals surface area (Å²) in [5.74, 6) is 0.919. The number of likely N-dealkylation sites (tertiary alicyclic amines) is 1. The molecule has 23 heavy (non-hydrogen) atoms. The Kier molecular flexibility index (Phi) is 8.79. The maximum Gasteiger partial charge on any atom is 0.270 e. The van der Waals surface area contributed by atoms with Gasteiger partial charge in [0.05, 0.1) is 5.01 Å². The van der Waals surface area contributed by atoms with E-state index in [4.69, 9.17) is 5.73 Å². The zero-order chi connectivity index (χ0) is 14.7. The Morgan fingerprint density at radius 1 is 1.30 bits per heavy atom. The van der Waals surface area contributed by atoms with Crippen molar-refractivity contribution >= 4 is 42.1 Å². The van der Waals surface area contributed by atoms with Crippen molar-refractivity contribution < 1.29 is 4.79 Å². The highest BCUT2D eigenvalue weighted by atomic mass is 35.5. The van der Waals surface area contributed by atoms with E-state index in [9.17, 15) is 4.79 Å². The summed E-state index contributed by atoms with van der Waals surface area (Å²) in [7, 11) is 0. The lowest BCUT2D eigenvalue weighted by molar-refractivity contribution is 0.0905. The largest absolute Gasteiger partial charge is 0.348 e. The van der Waals surface area contributed by atoms with E-state index in [0.29, 0.717) is 18.3 Å². The summed E-state index contributed by atoms with van der Waals surface area (Å²) < 4.78 is 0. The van der Waals surface area contributed by atoms with Gasteiger partial charge in [-0.1, -0.05) is 0 Å². The lowest BCUT2D eigenvalue weighted by Crippen LogP contribution is -2.45. The second kappa shape index (κ2) is 9.79. The van der Waals surface area contributed by atoms with E-state index in [2.05, 4.69) is 15.2 Å². The first-order valence-corrected chi connectivity index (χ1v) is 8.80. The molecule has 0 bridgehead atoms. The maximum atomic E-state index is 12.2. The van der Waals surface area contributed by atoms with E-state index in [1.54, 1.807) is 0 Å². The second-order valence-corrected chi connectivity index (χ2v) is 7.10. The summed E-state index contributed by atoms with van der Waals surface area (Å²) in [4.78, 5) is 19.1. The van der Waals surface area contributed by atoms with E-state index in [-0.39, 0.29) is 30.7 Å². The van der Waals surface area contributed by atoms with E-state index in [0.717, 1.165) is 43.3 Å². The van der Waals surface area contributed by atoms with Gasteiger partial charge in [0.25, 0.3) is 5.91 Å². The number of rotatable bonds is 6. The van der Waals surface area contributed by atoms with E-state index in [1.165, 1.54) is 30.7 Å². The molecule has 0 spiro atoms. The molecule has 0 unspecified atom stereocenters. The van der Waals surface area contributed by atoms with Crippen molar-refractivity contribution in [2.45, 2.75) is 38.1 Å². The number of carbonyl (C=O) groups is 1. The summed E-state index contributed by atoms with van der Waals surface area (Å²) in [5, 5.41) is 5.91. The molecule has 1 saturated carbocycles. The molecule has 1 aromatic heterocycles. The first kappa shape index (κ1) is 20.6. The number of piperidine rings is 1. The minimum Gasteiger partial charge on any atom is -0.348 e. The summed E-state index contributed by atoms with van der Waals surface area (Å²) in [5.41, 5.74) is 6.05. The Hall–Kier alpha value is -0.400.